The van der Waals surface area contributed by atoms with Gasteiger partial charge in [-0.05, 0) is 31.4 Å². The van der Waals surface area contributed by atoms with Crippen molar-refractivity contribution in [3.63, 3.8) is 0 Å². The van der Waals surface area contributed by atoms with Gasteiger partial charge in [0.15, 0.2) is 5.82 Å². The summed E-state index contributed by atoms with van der Waals surface area (Å²) in [7, 11) is 0. The van der Waals surface area contributed by atoms with Gasteiger partial charge >= 0.3 is 0 Å². The predicted octanol–water partition coefficient (Wildman–Crippen LogP) is 2.78. The molecule has 1 N–H and O–H groups in total. The van der Waals surface area contributed by atoms with Gasteiger partial charge in [0.1, 0.15) is 17.3 Å². The molecule has 2 aliphatic rings. The summed E-state index contributed by atoms with van der Waals surface area (Å²) in [5.74, 6) is 2.46. The smallest absolute Gasteiger partial charge is 0.255 e. The fourth-order valence-electron chi connectivity index (χ4n) is 3.94. The quantitative estimate of drug-likeness (QED) is 0.737. The monoisotopic (exact) mass is 395 g/mol. The molecule has 1 amide bonds. The van der Waals surface area contributed by atoms with Crippen molar-refractivity contribution in [2.24, 2.45) is 0 Å². The van der Waals surface area contributed by atoms with E-state index in [2.05, 4.69) is 25.1 Å². The van der Waals surface area contributed by atoms with Crippen LogP contribution in [0.2, 0.25) is 0 Å². The number of amides is 1. The van der Waals surface area contributed by atoms with E-state index in [1.54, 1.807) is 11.3 Å². The predicted molar refractivity (Wildman–Crippen MR) is 106 cm³/mol. The lowest BCUT2D eigenvalue weighted by molar-refractivity contribution is 0.0929. The van der Waals surface area contributed by atoms with Crippen LogP contribution in [0.3, 0.4) is 0 Å². The van der Waals surface area contributed by atoms with Gasteiger partial charge in [-0.25, -0.2) is 4.98 Å². The van der Waals surface area contributed by atoms with E-state index in [1.807, 2.05) is 30.5 Å². The van der Waals surface area contributed by atoms with Crippen molar-refractivity contribution in [1.29, 1.82) is 0 Å². The number of carbonyl (C=O) groups excluding carboxylic acids is 1. The third-order valence-electron chi connectivity index (χ3n) is 5.39. The largest absolute Gasteiger partial charge is 0.492 e. The molecule has 7 nitrogen and oxygen atoms in total. The zero-order chi connectivity index (χ0) is 19.1. The average molecular weight is 395 g/mol. The van der Waals surface area contributed by atoms with Crippen LogP contribution in [0, 0.1) is 6.92 Å². The number of rotatable bonds is 3. The maximum Gasteiger partial charge on any atom is 0.255 e. The van der Waals surface area contributed by atoms with Crippen LogP contribution in [0.4, 0.5) is 0 Å². The van der Waals surface area contributed by atoms with Crippen molar-refractivity contribution in [3.05, 3.63) is 45.5 Å². The van der Waals surface area contributed by atoms with E-state index in [0.717, 1.165) is 65.9 Å². The second-order valence-corrected chi connectivity index (χ2v) is 8.30. The first-order valence-corrected chi connectivity index (χ1v) is 10.5. The van der Waals surface area contributed by atoms with Gasteiger partial charge in [0.25, 0.3) is 5.91 Å². The number of nitrogens with zero attached hydrogens (tertiary/aromatic N) is 4. The Bertz CT molecular complexity index is 1040. The lowest BCUT2D eigenvalue weighted by Crippen LogP contribution is -2.35. The Morgan fingerprint density at radius 1 is 1.29 bits per heavy atom. The molecule has 5 rings (SSSR count). The number of fused-ring (bicyclic) bond motifs is 2. The van der Waals surface area contributed by atoms with Crippen LogP contribution < -0.4 is 10.1 Å². The standard InChI is InChI=1S/C20H21N5O2S/c1-12-21-16(11-28-12)19-24-23-17-6-5-14(7-9-25(17)19)22-20(26)15-4-2-3-13-8-10-27-18(13)15/h2-4,11,14H,5-10H2,1H3,(H,22,26). The number of benzene rings is 1. The molecule has 0 saturated heterocycles. The Morgan fingerprint density at radius 3 is 3.07 bits per heavy atom. The fraction of sp³-hybridized carbons (Fsp3) is 0.400. The maximum absolute atomic E-state index is 12.9. The number of hydrogen-bond acceptors (Lipinski definition) is 6. The molecule has 2 aromatic heterocycles. The highest BCUT2D eigenvalue weighted by Gasteiger charge is 2.25. The van der Waals surface area contributed by atoms with Crippen molar-refractivity contribution < 1.29 is 9.53 Å². The van der Waals surface area contributed by atoms with Gasteiger partial charge in [-0.1, -0.05) is 12.1 Å². The lowest BCUT2D eigenvalue weighted by Gasteiger charge is -2.17. The molecule has 3 aromatic rings. The minimum atomic E-state index is -0.0586. The number of thiazole rings is 1. The minimum Gasteiger partial charge on any atom is -0.492 e. The van der Waals surface area contributed by atoms with E-state index in [1.165, 1.54) is 0 Å². The molecule has 144 valence electrons. The summed E-state index contributed by atoms with van der Waals surface area (Å²) in [5, 5.41) is 15.0. The van der Waals surface area contributed by atoms with Crippen LogP contribution in [0.25, 0.3) is 11.5 Å². The summed E-state index contributed by atoms with van der Waals surface area (Å²) in [6.45, 7) is 3.40. The average Bonchev–Trinajstić information content (AvgIpc) is 3.40. The first-order chi connectivity index (χ1) is 13.7. The maximum atomic E-state index is 12.9. The Balaban J connectivity index is 1.31. The zero-order valence-electron chi connectivity index (χ0n) is 15.6. The zero-order valence-corrected chi connectivity index (χ0v) is 16.5. The summed E-state index contributed by atoms with van der Waals surface area (Å²) in [5.41, 5.74) is 2.63. The minimum absolute atomic E-state index is 0.0586. The number of ether oxygens (including phenoxy) is 1. The van der Waals surface area contributed by atoms with Gasteiger partial charge in [0.2, 0.25) is 0 Å². The van der Waals surface area contributed by atoms with E-state index in [9.17, 15) is 4.79 Å². The lowest BCUT2D eigenvalue weighted by atomic mass is 10.1. The first kappa shape index (κ1) is 17.4. The van der Waals surface area contributed by atoms with Gasteiger partial charge in [0, 0.05) is 30.8 Å². The molecule has 0 spiro atoms. The topological polar surface area (TPSA) is 81.9 Å². The number of nitrogens with one attached hydrogen (secondary N) is 1. The molecule has 1 atom stereocenters. The van der Waals surface area contributed by atoms with Crippen LogP contribution in [0.5, 0.6) is 5.75 Å². The fourth-order valence-corrected chi connectivity index (χ4v) is 4.54. The molecular weight excluding hydrogens is 374 g/mol. The molecular formula is C20H21N5O2S. The number of aromatic nitrogens is 4. The first-order valence-electron chi connectivity index (χ1n) is 9.59. The van der Waals surface area contributed by atoms with E-state index in [0.29, 0.717) is 12.2 Å². The van der Waals surface area contributed by atoms with Crippen molar-refractivity contribution in [1.82, 2.24) is 25.1 Å². The number of hydrogen-bond donors (Lipinski definition) is 1. The molecule has 28 heavy (non-hydrogen) atoms. The van der Waals surface area contributed by atoms with Gasteiger partial charge < -0.3 is 14.6 Å². The molecule has 0 saturated carbocycles. The van der Waals surface area contributed by atoms with Gasteiger partial charge in [-0.2, -0.15) is 0 Å². The second-order valence-electron chi connectivity index (χ2n) is 7.23. The van der Waals surface area contributed by atoms with Gasteiger partial charge in [-0.3, -0.25) is 4.79 Å². The number of carbonyl (C=O) groups is 1. The number of para-hydroxylation sites is 1. The van der Waals surface area contributed by atoms with Gasteiger partial charge in [-0.15, -0.1) is 21.5 Å². The summed E-state index contributed by atoms with van der Waals surface area (Å²) >= 11 is 1.61. The van der Waals surface area contributed by atoms with Crippen LogP contribution in [-0.4, -0.2) is 38.3 Å². The molecule has 1 aromatic carbocycles. The molecule has 0 radical (unpaired) electrons. The molecule has 1 unspecified atom stereocenters. The number of aryl methyl sites for hydroxylation is 2. The third kappa shape index (κ3) is 3.07. The highest BCUT2D eigenvalue weighted by Crippen LogP contribution is 2.30. The summed E-state index contributed by atoms with van der Waals surface area (Å²) in [6, 6.07) is 5.89. The molecule has 4 heterocycles. The van der Waals surface area contributed by atoms with Crippen molar-refractivity contribution in [2.45, 2.75) is 45.2 Å². The normalized spacial score (nSPS) is 18.1. The van der Waals surface area contributed by atoms with Crippen LogP contribution in [0.1, 0.15) is 39.6 Å². The van der Waals surface area contributed by atoms with Crippen LogP contribution >= 0.6 is 11.3 Å². The highest BCUT2D eigenvalue weighted by molar-refractivity contribution is 7.09. The van der Waals surface area contributed by atoms with Crippen molar-refractivity contribution in [3.8, 4) is 17.3 Å². The summed E-state index contributed by atoms with van der Waals surface area (Å²) in [4.78, 5) is 17.4. The molecule has 8 heteroatoms. The Hall–Kier alpha value is -2.74. The Morgan fingerprint density at radius 2 is 2.21 bits per heavy atom. The summed E-state index contributed by atoms with van der Waals surface area (Å²) in [6.07, 6.45) is 3.33. The van der Waals surface area contributed by atoms with Crippen LogP contribution in [-0.2, 0) is 19.4 Å². The SMILES string of the molecule is Cc1nc(-c2nnc3n2CCC(NC(=O)c2cccc4c2OCC4)CC3)cs1. The third-order valence-corrected chi connectivity index (χ3v) is 6.16. The Labute approximate surface area is 166 Å². The Kier molecular flexibility index (Phi) is 4.35. The molecule has 2 aliphatic heterocycles. The molecule has 0 bridgehead atoms. The second kappa shape index (κ2) is 7.01. The van der Waals surface area contributed by atoms with E-state index >= 15 is 0 Å². The van der Waals surface area contributed by atoms with E-state index in [4.69, 9.17) is 4.74 Å². The van der Waals surface area contributed by atoms with E-state index in [-0.39, 0.29) is 11.9 Å². The van der Waals surface area contributed by atoms with Crippen LogP contribution in [0.15, 0.2) is 23.6 Å². The molecule has 0 aliphatic carbocycles. The van der Waals surface area contributed by atoms with Crippen molar-refractivity contribution >= 4 is 17.2 Å². The van der Waals surface area contributed by atoms with E-state index < -0.39 is 0 Å². The van der Waals surface area contributed by atoms with Crippen molar-refractivity contribution in [2.75, 3.05) is 6.61 Å². The highest BCUT2D eigenvalue weighted by atomic mass is 32.1. The summed E-state index contributed by atoms with van der Waals surface area (Å²) < 4.78 is 7.82. The van der Waals surface area contributed by atoms with Gasteiger partial charge in [0.05, 0.1) is 17.2 Å². The molecule has 0 fully saturated rings.